The summed E-state index contributed by atoms with van der Waals surface area (Å²) in [5, 5.41) is 2.61. The minimum absolute atomic E-state index is 0.144. The van der Waals surface area contributed by atoms with Crippen LogP contribution in [0, 0.1) is 5.82 Å². The van der Waals surface area contributed by atoms with Gasteiger partial charge < -0.3 is 24.4 Å². The third kappa shape index (κ3) is 5.77. The molecule has 13 heteroatoms. The van der Waals surface area contributed by atoms with Gasteiger partial charge in [0.2, 0.25) is 15.9 Å². The number of hydrogen-bond acceptors (Lipinski definition) is 8. The summed E-state index contributed by atoms with van der Waals surface area (Å²) >= 11 is 0. The van der Waals surface area contributed by atoms with Crippen molar-refractivity contribution in [2.45, 2.75) is 37.8 Å². The van der Waals surface area contributed by atoms with Crippen molar-refractivity contribution in [2.24, 2.45) is 0 Å². The molecule has 0 bridgehead atoms. The van der Waals surface area contributed by atoms with Gasteiger partial charge in [0.1, 0.15) is 11.9 Å². The number of amides is 2. The van der Waals surface area contributed by atoms with Crippen LogP contribution < -0.4 is 19.8 Å². The van der Waals surface area contributed by atoms with Crippen molar-refractivity contribution in [3.05, 3.63) is 24.0 Å². The van der Waals surface area contributed by atoms with Gasteiger partial charge in [-0.2, -0.15) is 0 Å². The highest BCUT2D eigenvalue weighted by atomic mass is 32.2. The van der Waals surface area contributed by atoms with Gasteiger partial charge in [-0.25, -0.2) is 22.3 Å². The highest BCUT2D eigenvalue weighted by Gasteiger charge is 2.44. The molecule has 1 unspecified atom stereocenters. The van der Waals surface area contributed by atoms with E-state index in [0.717, 1.165) is 6.26 Å². The Hall–Kier alpha value is -2.48. The molecular weight excluding hydrogens is 471 g/mol. The van der Waals surface area contributed by atoms with Crippen LogP contribution in [0.4, 0.5) is 20.6 Å². The van der Waals surface area contributed by atoms with Gasteiger partial charge in [0.05, 0.1) is 43.4 Å². The second kappa shape index (κ2) is 9.64. The topological polar surface area (TPSA) is 127 Å². The Balaban J connectivity index is 1.33. The zero-order valence-corrected chi connectivity index (χ0v) is 19.9. The Morgan fingerprint density at radius 2 is 1.97 bits per heavy atom. The van der Waals surface area contributed by atoms with E-state index in [-0.39, 0.29) is 31.6 Å². The first-order valence-corrected chi connectivity index (χ1v) is 13.0. The van der Waals surface area contributed by atoms with E-state index in [0.29, 0.717) is 43.9 Å². The quantitative estimate of drug-likeness (QED) is 0.556. The molecule has 188 valence electrons. The van der Waals surface area contributed by atoms with Crippen LogP contribution in [0.5, 0.6) is 0 Å². The number of anilines is 2. The fourth-order valence-electron chi connectivity index (χ4n) is 4.33. The molecule has 3 fully saturated rings. The average Bonchev–Trinajstić information content (AvgIpc) is 3.34. The fourth-order valence-corrected chi connectivity index (χ4v) is 4.82. The molecule has 2 N–H and O–H groups in total. The number of cyclic esters (lactones) is 1. The Labute approximate surface area is 197 Å². The summed E-state index contributed by atoms with van der Waals surface area (Å²) in [6.45, 7) is 3.22. The summed E-state index contributed by atoms with van der Waals surface area (Å²) in [6.07, 6.45) is 0.651. The molecule has 2 amide bonds. The van der Waals surface area contributed by atoms with Crippen molar-refractivity contribution in [2.75, 3.05) is 55.4 Å². The molecule has 3 saturated heterocycles. The van der Waals surface area contributed by atoms with Crippen molar-refractivity contribution in [1.82, 2.24) is 10.0 Å². The molecule has 3 aliphatic heterocycles. The number of hydrogen-bond donors (Lipinski definition) is 2. The summed E-state index contributed by atoms with van der Waals surface area (Å²) in [5.41, 5.74) is 0.794. The number of carbonyl (C=O) groups excluding carboxylic acids is 2. The molecule has 0 saturated carbocycles. The summed E-state index contributed by atoms with van der Waals surface area (Å²) in [4.78, 5) is 26.5. The smallest absolute Gasteiger partial charge is 0.414 e. The predicted octanol–water partition coefficient (Wildman–Crippen LogP) is 0.548. The zero-order chi connectivity index (χ0) is 24.5. The minimum atomic E-state index is -3.31. The molecule has 2 atom stereocenters. The fraction of sp³-hybridized carbons (Fsp3) is 0.619. The molecule has 11 nitrogen and oxygen atoms in total. The molecule has 1 spiro atoms. The standard InChI is InChI=1S/C21H29FN4O7S/c1-14(27)23-10-16-12-26(20(28)32-16)15-3-4-19(18(22)9-15)25-7-5-21(6-8-25)31-13-17(33-21)11-24-34(2,29)30/h3-4,9,16-17,24H,5-8,10-13H2,1-2H3,(H,23,27)/t16-,17?/m0/s1. The second-order valence-electron chi connectivity index (χ2n) is 8.76. The van der Waals surface area contributed by atoms with Crippen LogP contribution in [-0.4, -0.2) is 84.0 Å². The first-order chi connectivity index (χ1) is 16.0. The van der Waals surface area contributed by atoms with Crippen LogP contribution in [0.1, 0.15) is 19.8 Å². The monoisotopic (exact) mass is 500 g/mol. The molecule has 1 aromatic rings. The third-order valence-corrected chi connectivity index (χ3v) is 6.74. The van der Waals surface area contributed by atoms with Crippen molar-refractivity contribution >= 4 is 33.4 Å². The van der Waals surface area contributed by atoms with Crippen LogP contribution in [0.25, 0.3) is 0 Å². The summed E-state index contributed by atoms with van der Waals surface area (Å²) in [6, 6.07) is 4.60. The Kier molecular flexibility index (Phi) is 6.99. The van der Waals surface area contributed by atoms with E-state index in [4.69, 9.17) is 14.2 Å². The number of piperidine rings is 1. The summed E-state index contributed by atoms with van der Waals surface area (Å²) in [5.74, 6) is -1.48. The van der Waals surface area contributed by atoms with E-state index >= 15 is 4.39 Å². The number of rotatable bonds is 7. The maximum absolute atomic E-state index is 15.0. The maximum atomic E-state index is 15.0. The van der Waals surface area contributed by atoms with E-state index in [9.17, 15) is 18.0 Å². The number of carbonyl (C=O) groups is 2. The molecule has 3 aliphatic rings. The molecule has 4 rings (SSSR count). The van der Waals surface area contributed by atoms with Gasteiger partial charge in [0, 0.05) is 39.4 Å². The van der Waals surface area contributed by atoms with Crippen molar-refractivity contribution in [3.63, 3.8) is 0 Å². The Bertz CT molecular complexity index is 1050. The average molecular weight is 501 g/mol. The number of halogens is 1. The highest BCUT2D eigenvalue weighted by molar-refractivity contribution is 7.88. The third-order valence-electron chi connectivity index (χ3n) is 6.05. The first kappa shape index (κ1) is 24.6. The lowest BCUT2D eigenvalue weighted by atomic mass is 10.0. The number of benzene rings is 1. The predicted molar refractivity (Wildman–Crippen MR) is 121 cm³/mol. The molecule has 0 aliphatic carbocycles. The number of nitrogens with zero attached hydrogens (tertiary/aromatic N) is 2. The summed E-state index contributed by atoms with van der Waals surface area (Å²) in [7, 11) is -3.31. The molecule has 1 aromatic carbocycles. The SMILES string of the molecule is CC(=O)NC[C@H]1CN(c2ccc(N3CCC4(CC3)OCC(CNS(C)(=O)=O)O4)c(F)c2)C(=O)O1. The Morgan fingerprint density at radius 1 is 1.24 bits per heavy atom. The molecular formula is C21H29FN4O7S. The van der Waals surface area contributed by atoms with E-state index < -0.39 is 33.8 Å². The van der Waals surface area contributed by atoms with Crippen LogP contribution in [0.3, 0.4) is 0 Å². The molecule has 34 heavy (non-hydrogen) atoms. The van der Waals surface area contributed by atoms with Crippen LogP contribution in [0.15, 0.2) is 18.2 Å². The largest absolute Gasteiger partial charge is 0.442 e. The van der Waals surface area contributed by atoms with Gasteiger partial charge in [-0.1, -0.05) is 0 Å². The minimum Gasteiger partial charge on any atom is -0.442 e. The van der Waals surface area contributed by atoms with Gasteiger partial charge in [0.15, 0.2) is 5.79 Å². The van der Waals surface area contributed by atoms with Crippen LogP contribution in [-0.2, 0) is 29.0 Å². The van der Waals surface area contributed by atoms with E-state index in [1.54, 1.807) is 12.1 Å². The molecule has 0 radical (unpaired) electrons. The van der Waals surface area contributed by atoms with Crippen molar-refractivity contribution in [1.29, 1.82) is 0 Å². The van der Waals surface area contributed by atoms with Gasteiger partial charge in [-0.3, -0.25) is 9.69 Å². The normalized spacial score (nSPS) is 24.5. The second-order valence-corrected chi connectivity index (χ2v) is 10.6. The van der Waals surface area contributed by atoms with Gasteiger partial charge in [0.25, 0.3) is 0 Å². The zero-order valence-electron chi connectivity index (χ0n) is 19.1. The van der Waals surface area contributed by atoms with Gasteiger partial charge in [-0.15, -0.1) is 0 Å². The van der Waals surface area contributed by atoms with Crippen molar-refractivity contribution in [3.8, 4) is 0 Å². The number of nitrogens with one attached hydrogen (secondary N) is 2. The molecule has 0 aromatic heterocycles. The first-order valence-electron chi connectivity index (χ1n) is 11.1. The summed E-state index contributed by atoms with van der Waals surface area (Å²) < 4.78 is 57.1. The lowest BCUT2D eigenvalue weighted by Gasteiger charge is -2.39. The molecule has 3 heterocycles. The van der Waals surface area contributed by atoms with Gasteiger partial charge in [-0.05, 0) is 18.2 Å². The van der Waals surface area contributed by atoms with Crippen molar-refractivity contribution < 1.29 is 36.6 Å². The lowest BCUT2D eigenvalue weighted by Crippen LogP contribution is -2.46. The van der Waals surface area contributed by atoms with E-state index in [1.807, 2.05) is 4.90 Å². The maximum Gasteiger partial charge on any atom is 0.414 e. The van der Waals surface area contributed by atoms with Crippen LogP contribution >= 0.6 is 0 Å². The number of ether oxygens (including phenoxy) is 3. The van der Waals surface area contributed by atoms with Gasteiger partial charge >= 0.3 is 6.09 Å². The van der Waals surface area contributed by atoms with E-state index in [1.165, 1.54) is 17.9 Å². The lowest BCUT2D eigenvalue weighted by molar-refractivity contribution is -0.179. The van der Waals surface area contributed by atoms with E-state index in [2.05, 4.69) is 10.0 Å². The number of sulfonamides is 1. The van der Waals surface area contributed by atoms with Crippen LogP contribution in [0.2, 0.25) is 0 Å². The highest BCUT2D eigenvalue weighted by Crippen LogP contribution is 2.37. The Morgan fingerprint density at radius 3 is 2.62 bits per heavy atom.